The molecule has 0 saturated heterocycles. The SMILES string of the molecule is Cc1ccc(C(=O)Nc2ccc(C)cc2C#CCN)cc1. The number of benzene rings is 2. The molecule has 0 spiro atoms. The lowest BCUT2D eigenvalue weighted by atomic mass is 10.1. The van der Waals surface area contributed by atoms with Crippen LogP contribution < -0.4 is 11.1 Å². The monoisotopic (exact) mass is 278 g/mol. The second-order valence-electron chi connectivity index (χ2n) is 4.88. The van der Waals surface area contributed by atoms with Crippen molar-refractivity contribution in [2.45, 2.75) is 13.8 Å². The van der Waals surface area contributed by atoms with Crippen molar-refractivity contribution < 1.29 is 4.79 Å². The number of aryl methyl sites for hydroxylation is 2. The summed E-state index contributed by atoms with van der Waals surface area (Å²) in [6.45, 7) is 4.26. The molecule has 2 rings (SSSR count). The fourth-order valence-electron chi connectivity index (χ4n) is 1.92. The van der Waals surface area contributed by atoms with Crippen LogP contribution in [-0.2, 0) is 0 Å². The van der Waals surface area contributed by atoms with Crippen LogP contribution in [0.15, 0.2) is 42.5 Å². The van der Waals surface area contributed by atoms with Crippen LogP contribution in [0.1, 0.15) is 27.0 Å². The van der Waals surface area contributed by atoms with Crippen LogP contribution in [0.5, 0.6) is 0 Å². The van der Waals surface area contributed by atoms with Crippen LogP contribution in [0.4, 0.5) is 5.69 Å². The summed E-state index contributed by atoms with van der Waals surface area (Å²) in [6, 6.07) is 13.2. The first kappa shape index (κ1) is 14.8. The van der Waals surface area contributed by atoms with Gasteiger partial charge in [-0.1, -0.05) is 35.6 Å². The van der Waals surface area contributed by atoms with Gasteiger partial charge in [-0.2, -0.15) is 0 Å². The molecule has 0 saturated carbocycles. The van der Waals surface area contributed by atoms with Crippen molar-refractivity contribution in [1.82, 2.24) is 0 Å². The lowest BCUT2D eigenvalue weighted by Gasteiger charge is -2.09. The lowest BCUT2D eigenvalue weighted by Crippen LogP contribution is -2.13. The molecule has 0 bridgehead atoms. The van der Waals surface area contributed by atoms with Gasteiger partial charge in [0.05, 0.1) is 12.2 Å². The number of hydrogen-bond acceptors (Lipinski definition) is 2. The topological polar surface area (TPSA) is 55.1 Å². The molecule has 0 fully saturated rings. The number of anilines is 1. The van der Waals surface area contributed by atoms with E-state index in [1.807, 2.05) is 56.3 Å². The first-order valence-corrected chi connectivity index (χ1v) is 6.78. The summed E-state index contributed by atoms with van der Waals surface area (Å²) in [6.07, 6.45) is 0. The highest BCUT2D eigenvalue weighted by Crippen LogP contribution is 2.17. The molecule has 21 heavy (non-hydrogen) atoms. The van der Waals surface area contributed by atoms with Gasteiger partial charge in [-0.15, -0.1) is 0 Å². The predicted octanol–water partition coefficient (Wildman–Crippen LogP) is 2.87. The van der Waals surface area contributed by atoms with Crippen LogP contribution >= 0.6 is 0 Å². The molecule has 0 aromatic heterocycles. The van der Waals surface area contributed by atoms with Gasteiger partial charge in [0, 0.05) is 11.1 Å². The van der Waals surface area contributed by atoms with Crippen LogP contribution in [0.25, 0.3) is 0 Å². The lowest BCUT2D eigenvalue weighted by molar-refractivity contribution is 0.102. The fourth-order valence-corrected chi connectivity index (χ4v) is 1.92. The minimum Gasteiger partial charge on any atom is -0.321 e. The van der Waals surface area contributed by atoms with E-state index >= 15 is 0 Å². The number of carbonyl (C=O) groups excluding carboxylic acids is 1. The highest BCUT2D eigenvalue weighted by Gasteiger charge is 2.08. The van der Waals surface area contributed by atoms with Crippen molar-refractivity contribution in [2.75, 3.05) is 11.9 Å². The minimum absolute atomic E-state index is 0.144. The van der Waals surface area contributed by atoms with Crippen molar-refractivity contribution in [3.05, 3.63) is 64.7 Å². The van der Waals surface area contributed by atoms with Crippen molar-refractivity contribution in [3.63, 3.8) is 0 Å². The maximum absolute atomic E-state index is 12.3. The quantitative estimate of drug-likeness (QED) is 0.830. The molecule has 0 unspecified atom stereocenters. The molecule has 3 heteroatoms. The van der Waals surface area contributed by atoms with Gasteiger partial charge in [-0.25, -0.2) is 0 Å². The molecule has 3 nitrogen and oxygen atoms in total. The van der Waals surface area contributed by atoms with Gasteiger partial charge in [0.15, 0.2) is 0 Å². The first-order chi connectivity index (χ1) is 10.1. The Morgan fingerprint density at radius 3 is 2.43 bits per heavy atom. The van der Waals surface area contributed by atoms with E-state index in [0.717, 1.165) is 16.7 Å². The number of hydrogen-bond donors (Lipinski definition) is 2. The fraction of sp³-hybridized carbons (Fsp3) is 0.167. The molecule has 0 heterocycles. The molecule has 0 radical (unpaired) electrons. The highest BCUT2D eigenvalue weighted by molar-refractivity contribution is 6.05. The van der Waals surface area contributed by atoms with Gasteiger partial charge >= 0.3 is 0 Å². The van der Waals surface area contributed by atoms with E-state index < -0.39 is 0 Å². The van der Waals surface area contributed by atoms with E-state index in [2.05, 4.69) is 17.2 Å². The summed E-state index contributed by atoms with van der Waals surface area (Å²) >= 11 is 0. The summed E-state index contributed by atoms with van der Waals surface area (Å²) in [7, 11) is 0. The maximum atomic E-state index is 12.3. The Morgan fingerprint density at radius 2 is 1.76 bits per heavy atom. The molecular formula is C18H18N2O. The Balaban J connectivity index is 2.26. The predicted molar refractivity (Wildman–Crippen MR) is 86.2 cm³/mol. The summed E-state index contributed by atoms with van der Waals surface area (Å²) in [5, 5.41) is 2.90. The van der Waals surface area contributed by atoms with Crippen molar-refractivity contribution in [1.29, 1.82) is 0 Å². The Morgan fingerprint density at radius 1 is 1.10 bits per heavy atom. The zero-order valence-corrected chi connectivity index (χ0v) is 12.2. The molecular weight excluding hydrogens is 260 g/mol. The van der Waals surface area contributed by atoms with E-state index in [9.17, 15) is 4.79 Å². The Hall–Kier alpha value is -2.57. The summed E-state index contributed by atoms with van der Waals surface area (Å²) in [4.78, 5) is 12.3. The Labute approximate surface area is 125 Å². The summed E-state index contributed by atoms with van der Waals surface area (Å²) in [5.41, 5.74) is 9.72. The van der Waals surface area contributed by atoms with Crippen molar-refractivity contribution >= 4 is 11.6 Å². The second-order valence-corrected chi connectivity index (χ2v) is 4.88. The number of nitrogens with two attached hydrogens (primary N) is 1. The average molecular weight is 278 g/mol. The van der Waals surface area contributed by atoms with Crippen molar-refractivity contribution in [2.24, 2.45) is 5.73 Å². The van der Waals surface area contributed by atoms with Crippen LogP contribution in [0.2, 0.25) is 0 Å². The van der Waals surface area contributed by atoms with Gasteiger partial charge in [0.25, 0.3) is 5.91 Å². The van der Waals surface area contributed by atoms with Gasteiger partial charge in [-0.3, -0.25) is 4.79 Å². The third-order valence-electron chi connectivity index (χ3n) is 3.06. The van der Waals surface area contributed by atoms with Crippen LogP contribution in [-0.4, -0.2) is 12.5 Å². The maximum Gasteiger partial charge on any atom is 0.255 e. The highest BCUT2D eigenvalue weighted by atomic mass is 16.1. The number of rotatable bonds is 2. The normalized spacial score (nSPS) is 9.67. The van der Waals surface area contributed by atoms with Crippen LogP contribution in [0, 0.1) is 25.7 Å². The second kappa shape index (κ2) is 6.74. The number of carbonyl (C=O) groups is 1. The summed E-state index contributed by atoms with van der Waals surface area (Å²) < 4.78 is 0. The smallest absolute Gasteiger partial charge is 0.255 e. The summed E-state index contributed by atoms with van der Waals surface area (Å²) in [5.74, 6) is 5.67. The van der Waals surface area contributed by atoms with E-state index in [-0.39, 0.29) is 5.91 Å². The third kappa shape index (κ3) is 3.95. The molecule has 106 valence electrons. The Kier molecular flexibility index (Phi) is 4.76. The van der Waals surface area contributed by atoms with E-state index in [1.54, 1.807) is 0 Å². The van der Waals surface area contributed by atoms with E-state index in [1.165, 1.54) is 0 Å². The molecule has 0 atom stereocenters. The molecule has 0 aliphatic heterocycles. The standard InChI is InChI=1S/C18H18N2O/c1-13-5-8-15(9-6-13)18(21)20-17-10-7-14(2)12-16(17)4-3-11-19/h5-10,12H,11,19H2,1-2H3,(H,20,21). The number of nitrogens with one attached hydrogen (secondary N) is 1. The largest absolute Gasteiger partial charge is 0.321 e. The zero-order valence-electron chi connectivity index (χ0n) is 12.2. The molecule has 0 aliphatic rings. The number of amides is 1. The van der Waals surface area contributed by atoms with Gasteiger partial charge < -0.3 is 11.1 Å². The Bertz CT molecular complexity index is 706. The van der Waals surface area contributed by atoms with E-state index in [4.69, 9.17) is 5.73 Å². The van der Waals surface area contributed by atoms with Crippen LogP contribution in [0.3, 0.4) is 0 Å². The zero-order chi connectivity index (χ0) is 15.2. The van der Waals surface area contributed by atoms with Crippen molar-refractivity contribution in [3.8, 4) is 11.8 Å². The first-order valence-electron chi connectivity index (χ1n) is 6.78. The molecule has 2 aromatic carbocycles. The van der Waals surface area contributed by atoms with Gasteiger partial charge in [0.2, 0.25) is 0 Å². The molecule has 0 aliphatic carbocycles. The molecule has 1 amide bonds. The average Bonchev–Trinajstić information content (AvgIpc) is 2.48. The third-order valence-corrected chi connectivity index (χ3v) is 3.06. The van der Waals surface area contributed by atoms with E-state index in [0.29, 0.717) is 17.8 Å². The molecule has 2 aromatic rings. The van der Waals surface area contributed by atoms with Gasteiger partial charge in [0.1, 0.15) is 0 Å². The minimum atomic E-state index is -0.144. The molecule has 3 N–H and O–H groups in total. The van der Waals surface area contributed by atoms with Gasteiger partial charge in [-0.05, 0) is 43.7 Å².